The van der Waals surface area contributed by atoms with E-state index in [4.69, 9.17) is 23.3 Å². The first-order valence-electron chi connectivity index (χ1n) is 34.3. The number of carbonyl (C=O) groups is 2. The Morgan fingerprint density at radius 1 is 0.511 bits per heavy atom. The van der Waals surface area contributed by atoms with Gasteiger partial charge in [-0.05, 0) is 220 Å². The van der Waals surface area contributed by atoms with Crippen LogP contribution in [0.3, 0.4) is 0 Å². The number of unbranched alkanes of at least 4 members (excludes halogenated alkanes) is 4. The number of fused-ring (bicyclic) bond motifs is 5. The third-order valence-corrected chi connectivity index (χ3v) is 24.5. The minimum absolute atomic E-state index is 0. The van der Waals surface area contributed by atoms with E-state index in [1.807, 2.05) is 34.0 Å². The molecule has 0 fully saturated rings. The van der Waals surface area contributed by atoms with Gasteiger partial charge in [-0.1, -0.05) is 108 Å². The molecule has 0 saturated heterocycles. The van der Waals surface area contributed by atoms with Gasteiger partial charge in [0.1, 0.15) is 0 Å². The van der Waals surface area contributed by atoms with Crippen LogP contribution < -0.4 is 52.2 Å². The second-order valence-electron chi connectivity index (χ2n) is 24.1. The van der Waals surface area contributed by atoms with Crippen molar-refractivity contribution in [3.8, 4) is 5.06 Å². The van der Waals surface area contributed by atoms with Crippen LogP contribution in [-0.4, -0.2) is 70.7 Å². The standard InChI is InChI=1S/C16H27BO3S.C16H27BO2S.C8H10OS.C8H10S.C8H9S.C7H9NOS.C7H9NS.I3.Li/c1-3-5-11-18-17(19-12-6-4-2)20-16-13-14-9-7-8-10-15(14)21-16;1-3-5-11-18-17(19-12-6-4-2)16-13-14-9-7-8-10-15(14)20-16;9-8-5-6-3-1-2-4-7(6)10-8;2*1-2-4-8-7(3-1)5-6-9-8;9-7-3-5-4-8-2-1-6(5)10-7;1-3-8-5-6-2-4-9-7(1)6;1-3-2;/h13H,3-12H2,1-2H3;13H,3-12H2,1-2H3;1-5H2;5-6H,1-4H2;5H,1-4H2;8H,1-4H2;2,4,8H,1,3,5H2;;/q;;;;-1;;;-1;+1. The molecule has 9 aliphatic rings. The predicted molar refractivity (Wildman–Crippen MR) is 410 cm³/mol. The van der Waals surface area contributed by atoms with E-state index in [1.165, 1.54) is 213 Å². The number of aryl methyl sites for hydroxylation is 8. The van der Waals surface area contributed by atoms with Crippen molar-refractivity contribution >= 4 is 147 Å². The van der Waals surface area contributed by atoms with Crippen LogP contribution in [0, 0.1) is 5.38 Å². The average Bonchev–Trinajstić information content (AvgIpc) is 2.67. The van der Waals surface area contributed by atoms with Crippen molar-refractivity contribution in [2.24, 2.45) is 0 Å². The fraction of sp³-hybridized carbons (Fsp3) is 0.629. The number of carbonyl (C=O) groups excluding carboxylic acids is 2. The first-order chi connectivity index (χ1) is 44.7. The number of allylic oxidation sites excluding steroid dienone is 2. The largest absolute Gasteiger partial charge is 1.00 e. The molecule has 0 atom stereocenters. The molecule has 92 heavy (non-hydrogen) atoms. The number of hydrogen-bond donors (Lipinski definition) is 2. The summed E-state index contributed by atoms with van der Waals surface area (Å²) < 4.78 is 30.6. The molecule has 5 aromatic heterocycles. The Kier molecular flexibility index (Phi) is 43.5. The minimum Gasteiger partial charge on any atom is -0.313 e. The van der Waals surface area contributed by atoms with E-state index in [0.29, 0.717) is 43.1 Å². The van der Waals surface area contributed by atoms with Crippen LogP contribution in [0.4, 0.5) is 0 Å². The first-order valence-corrected chi connectivity index (χ1v) is 52.7. The van der Waals surface area contributed by atoms with Crippen LogP contribution in [0.25, 0.3) is 0 Å². The SMILES string of the molecule is CCCCOB(OCCCC)Oc1cc2c(s1)CCCC2.CCCCOB(OCCCC)c1cc2c(s1)CCCC2.I[I-]I.O=C1CC2=C(CCCC2)S1.O=C1CC2=C(CCNC2)S1.[Li+].[c-]1cc2c(s1)CCCC2.c1cc2c(s1)CCCC2.c1cc2c(s1)CCNC2. The molecule has 0 aromatic carbocycles. The van der Waals surface area contributed by atoms with Gasteiger partial charge in [-0.3, -0.25) is 9.59 Å². The molecule has 22 heteroatoms. The Balaban J connectivity index is 0.000000174. The number of thiophene rings is 5. The van der Waals surface area contributed by atoms with Gasteiger partial charge in [-0.15, -0.1) is 55.6 Å². The molecule has 5 aromatic rings. The van der Waals surface area contributed by atoms with Crippen LogP contribution in [0.1, 0.15) is 228 Å². The zero-order valence-corrected chi connectivity index (χ0v) is 68.0. The van der Waals surface area contributed by atoms with E-state index in [0.717, 1.165) is 95.8 Å². The molecule has 0 amide bonds. The van der Waals surface area contributed by atoms with Gasteiger partial charge in [0.05, 0.1) is 0 Å². The van der Waals surface area contributed by atoms with E-state index >= 15 is 0 Å². The Morgan fingerprint density at radius 2 is 0.989 bits per heavy atom. The summed E-state index contributed by atoms with van der Waals surface area (Å²) >= 11 is 17.5. The van der Waals surface area contributed by atoms with Crippen LogP contribution in [0.2, 0.25) is 0 Å². The summed E-state index contributed by atoms with van der Waals surface area (Å²) in [6, 6.07) is 11.2. The summed E-state index contributed by atoms with van der Waals surface area (Å²) in [6.45, 7) is 15.9. The third-order valence-electron chi connectivity index (χ3n) is 16.9. The van der Waals surface area contributed by atoms with Gasteiger partial charge in [0.15, 0.2) is 15.3 Å². The number of nitrogens with one attached hydrogen (secondary N) is 2. The van der Waals surface area contributed by atoms with Crippen molar-refractivity contribution < 1.29 is 65.0 Å². The van der Waals surface area contributed by atoms with Crippen molar-refractivity contribution in [1.29, 1.82) is 0 Å². The predicted octanol–water partition coefficient (Wildman–Crippen LogP) is 14.2. The maximum atomic E-state index is 10.9. The van der Waals surface area contributed by atoms with Gasteiger partial charge < -0.3 is 45.2 Å². The second kappa shape index (κ2) is 49.1. The van der Waals surface area contributed by atoms with Crippen molar-refractivity contribution in [1.82, 2.24) is 10.6 Å². The third kappa shape index (κ3) is 30.0. The van der Waals surface area contributed by atoms with Gasteiger partial charge in [0, 0.05) is 83.2 Å². The fourth-order valence-corrected chi connectivity index (χ4v) is 19.0. The van der Waals surface area contributed by atoms with E-state index in [-0.39, 0.29) is 26.0 Å². The molecule has 504 valence electrons. The van der Waals surface area contributed by atoms with Crippen molar-refractivity contribution in [3.05, 3.63) is 120 Å². The molecule has 5 aliphatic carbocycles. The van der Waals surface area contributed by atoms with Gasteiger partial charge in [-0.2, -0.15) is 11.6 Å². The number of rotatable bonds is 19. The van der Waals surface area contributed by atoms with Gasteiger partial charge >= 0.3 is 83.8 Å². The monoisotopic (exact) mass is 1720 g/mol. The Morgan fingerprint density at radius 3 is 1.55 bits per heavy atom. The summed E-state index contributed by atoms with van der Waals surface area (Å²) in [5.41, 5.74) is 10.5. The number of hydrogen-bond acceptors (Lipinski definition) is 16. The molecule has 14 rings (SSSR count). The molecule has 4 aliphatic heterocycles. The number of thioether (sulfide) groups is 2. The zero-order valence-electron chi connectivity index (χ0n) is 55.8. The molecular formula is C70H101B2I3LiN2O7S7-. The van der Waals surface area contributed by atoms with Gasteiger partial charge in [0.25, 0.3) is 0 Å². The maximum absolute atomic E-state index is 10.9. The maximum Gasteiger partial charge on any atom is 1.00 e. The van der Waals surface area contributed by atoms with E-state index in [9.17, 15) is 9.59 Å². The van der Waals surface area contributed by atoms with Crippen molar-refractivity contribution in [3.63, 3.8) is 0 Å². The molecular weight excluding hydrogens is 1610 g/mol. The summed E-state index contributed by atoms with van der Waals surface area (Å²) in [6.07, 6.45) is 38.6. The second-order valence-corrected chi connectivity index (χ2v) is 47.8. The number of halogens is 3. The molecule has 2 N–H and O–H groups in total. The van der Waals surface area contributed by atoms with Gasteiger partial charge in [0.2, 0.25) is 0 Å². The summed E-state index contributed by atoms with van der Waals surface area (Å²) in [5.74, 6) is 0. The minimum atomic E-state index is -0.553. The van der Waals surface area contributed by atoms with Crippen LogP contribution in [0.5, 0.6) is 5.06 Å². The molecule has 0 saturated carbocycles. The fourth-order valence-electron chi connectivity index (χ4n) is 11.8. The van der Waals surface area contributed by atoms with Crippen molar-refractivity contribution in [2.75, 3.05) is 46.1 Å². The topological polar surface area (TPSA) is 104 Å². The summed E-state index contributed by atoms with van der Waals surface area (Å²) in [5, 5.41) is 15.8. The summed E-state index contributed by atoms with van der Waals surface area (Å²) in [4.78, 5) is 32.4. The molecule has 0 radical (unpaired) electrons. The van der Waals surface area contributed by atoms with Crippen molar-refractivity contribution in [2.45, 2.75) is 240 Å². The molecule has 9 nitrogen and oxygen atoms in total. The zero-order chi connectivity index (χ0) is 64.1. The summed E-state index contributed by atoms with van der Waals surface area (Å²) in [7, 11) is -0.688. The van der Waals surface area contributed by atoms with E-state index < -0.39 is 7.32 Å². The van der Waals surface area contributed by atoms with Crippen LogP contribution >= 0.6 is 117 Å². The smallest absolute Gasteiger partial charge is 0.313 e. The first kappa shape index (κ1) is 81.5. The molecule has 0 spiro atoms. The average molecular weight is 1720 g/mol. The molecule has 0 unspecified atom stereocenters. The van der Waals surface area contributed by atoms with Crippen LogP contribution in [-0.2, 0) is 92.5 Å². The van der Waals surface area contributed by atoms with Crippen LogP contribution in [0.15, 0.2) is 62.0 Å². The Labute approximate surface area is 625 Å². The van der Waals surface area contributed by atoms with Gasteiger partial charge in [-0.25, -0.2) is 0 Å². The van der Waals surface area contributed by atoms with E-state index in [1.54, 1.807) is 58.9 Å². The molecule has 9 heterocycles. The van der Waals surface area contributed by atoms with E-state index in [2.05, 4.69) is 122 Å². The molecule has 0 bridgehead atoms. The Hall–Kier alpha value is 0.497. The quantitative estimate of drug-likeness (QED) is 0.0357. The normalized spacial score (nSPS) is 17.2. The Bertz CT molecular complexity index is 2610.